The fourth-order valence-corrected chi connectivity index (χ4v) is 4.84. The molecule has 1 aliphatic heterocycles. The van der Waals surface area contributed by atoms with Crippen LogP contribution in [0, 0.1) is 0 Å². The maximum Gasteiger partial charge on any atom is 0.248 e. The highest BCUT2D eigenvalue weighted by Gasteiger charge is 2.39. The smallest absolute Gasteiger partial charge is 0.248 e. The molecule has 1 aliphatic carbocycles. The number of pyridine rings is 1. The van der Waals surface area contributed by atoms with Crippen LogP contribution in [0.15, 0.2) is 48.8 Å². The first-order chi connectivity index (χ1) is 17.3. The molecule has 3 atom stereocenters. The molecule has 1 saturated heterocycles. The molecular formula is C29H41FN4O2. The predicted molar refractivity (Wildman–Crippen MR) is 143 cm³/mol. The molecule has 0 radical (unpaired) electrons. The van der Waals surface area contributed by atoms with Crippen LogP contribution >= 0.6 is 0 Å². The van der Waals surface area contributed by atoms with Crippen molar-refractivity contribution in [2.45, 2.75) is 89.0 Å². The van der Waals surface area contributed by atoms with Gasteiger partial charge in [0.2, 0.25) is 5.91 Å². The Morgan fingerprint density at radius 3 is 2.31 bits per heavy atom. The molecule has 7 heteroatoms. The van der Waals surface area contributed by atoms with Gasteiger partial charge in [0, 0.05) is 29.7 Å². The third-order valence-electron chi connectivity index (χ3n) is 7.11. The van der Waals surface area contributed by atoms with E-state index in [2.05, 4.69) is 43.4 Å². The van der Waals surface area contributed by atoms with Gasteiger partial charge in [0.25, 0.3) is 0 Å². The Kier molecular flexibility index (Phi) is 10.1. The van der Waals surface area contributed by atoms with E-state index in [0.29, 0.717) is 24.1 Å². The molecule has 2 aromatic rings. The van der Waals surface area contributed by atoms with Gasteiger partial charge in [0.1, 0.15) is 24.5 Å². The van der Waals surface area contributed by atoms with Crippen LogP contribution in [-0.2, 0) is 15.0 Å². The summed E-state index contributed by atoms with van der Waals surface area (Å²) in [5, 5.41) is 6.23. The Hall–Kier alpha value is -2.64. The summed E-state index contributed by atoms with van der Waals surface area (Å²) in [7, 11) is 2.07. The van der Waals surface area contributed by atoms with E-state index in [0.717, 1.165) is 11.6 Å². The van der Waals surface area contributed by atoms with E-state index in [1.54, 1.807) is 24.5 Å². The van der Waals surface area contributed by atoms with Gasteiger partial charge in [0.05, 0.1) is 0 Å². The van der Waals surface area contributed by atoms with E-state index >= 15 is 0 Å². The zero-order valence-corrected chi connectivity index (χ0v) is 22.0. The van der Waals surface area contributed by atoms with Crippen LogP contribution in [0.5, 0.6) is 0 Å². The van der Waals surface area contributed by atoms with Gasteiger partial charge in [-0.15, -0.1) is 0 Å². The zero-order chi connectivity index (χ0) is 26.1. The fraction of sp³-hybridized carbons (Fsp3) is 0.552. The Labute approximate surface area is 215 Å². The lowest BCUT2D eigenvalue weighted by atomic mass is 9.87. The van der Waals surface area contributed by atoms with Crippen molar-refractivity contribution in [1.29, 1.82) is 0 Å². The average Bonchev–Trinajstić information content (AvgIpc) is 3.33. The standard InChI is InChI=1S/C22H26FN3O2.C7H15N/c1-22(2,3)16-6-8-17(9-7-16)26(21(28)20-18(23)10-12-25-20)19(14-27)15-5-4-11-24-13-15;1-8-7-5-3-2-4-6-7/h4-9,11,13-14,18-20,25H,10,12H2,1-3H3;7-8H,2-6H2,1H3. The number of hydrogen-bond acceptors (Lipinski definition) is 5. The maximum atomic E-state index is 14.3. The first-order valence-electron chi connectivity index (χ1n) is 13.1. The highest BCUT2D eigenvalue weighted by Crippen LogP contribution is 2.31. The molecule has 2 aliphatic rings. The number of aldehydes is 1. The van der Waals surface area contributed by atoms with Gasteiger partial charge < -0.3 is 15.4 Å². The zero-order valence-electron chi connectivity index (χ0n) is 22.0. The summed E-state index contributed by atoms with van der Waals surface area (Å²) in [5.74, 6) is -0.450. The number of carbonyl (C=O) groups excluding carboxylic acids is 2. The van der Waals surface area contributed by atoms with Crippen LogP contribution < -0.4 is 15.5 Å². The topological polar surface area (TPSA) is 74.3 Å². The molecule has 3 unspecified atom stereocenters. The summed E-state index contributed by atoms with van der Waals surface area (Å²) < 4.78 is 14.3. The van der Waals surface area contributed by atoms with Crippen molar-refractivity contribution in [1.82, 2.24) is 15.6 Å². The van der Waals surface area contributed by atoms with Crippen LogP contribution in [0.1, 0.15) is 76.5 Å². The van der Waals surface area contributed by atoms with E-state index in [-0.39, 0.29) is 11.8 Å². The SMILES string of the molecule is CC(C)(C)c1ccc(N(C(=O)C2NCCC2F)C(C=O)c2cccnc2)cc1.CNC1CCCCC1. The fourth-order valence-electron chi connectivity index (χ4n) is 4.84. The molecular weight excluding hydrogens is 455 g/mol. The molecule has 0 spiro atoms. The van der Waals surface area contributed by atoms with Gasteiger partial charge in [0.15, 0.2) is 0 Å². The number of amides is 1. The van der Waals surface area contributed by atoms with Gasteiger partial charge in [-0.3, -0.25) is 14.7 Å². The average molecular weight is 497 g/mol. The molecule has 36 heavy (non-hydrogen) atoms. The van der Waals surface area contributed by atoms with Crippen LogP contribution in [0.3, 0.4) is 0 Å². The number of alkyl halides is 1. The summed E-state index contributed by atoms with van der Waals surface area (Å²) in [5.41, 5.74) is 2.20. The number of hydrogen-bond donors (Lipinski definition) is 2. The monoisotopic (exact) mass is 496 g/mol. The van der Waals surface area contributed by atoms with E-state index in [4.69, 9.17) is 0 Å². The van der Waals surface area contributed by atoms with Crippen molar-refractivity contribution in [3.63, 3.8) is 0 Å². The van der Waals surface area contributed by atoms with Crippen molar-refractivity contribution >= 4 is 17.9 Å². The highest BCUT2D eigenvalue weighted by atomic mass is 19.1. The number of nitrogens with zero attached hydrogens (tertiary/aromatic N) is 2. The van der Waals surface area contributed by atoms with E-state index in [9.17, 15) is 14.0 Å². The molecule has 2 fully saturated rings. The normalized spacial score (nSPS) is 21.2. The Morgan fingerprint density at radius 2 is 1.83 bits per heavy atom. The van der Waals surface area contributed by atoms with Crippen molar-refractivity contribution in [3.05, 3.63) is 59.9 Å². The molecule has 1 saturated carbocycles. The first-order valence-corrected chi connectivity index (χ1v) is 13.1. The Bertz CT molecular complexity index is 955. The number of carbonyl (C=O) groups is 2. The lowest BCUT2D eigenvalue weighted by molar-refractivity contribution is -0.123. The van der Waals surface area contributed by atoms with Gasteiger partial charge in [-0.25, -0.2) is 4.39 Å². The third-order valence-corrected chi connectivity index (χ3v) is 7.11. The lowest BCUT2D eigenvalue weighted by Crippen LogP contribution is -2.49. The molecule has 2 N–H and O–H groups in total. The maximum absolute atomic E-state index is 14.3. The second-order valence-corrected chi connectivity index (χ2v) is 10.7. The molecule has 6 nitrogen and oxygen atoms in total. The third kappa shape index (κ3) is 7.20. The summed E-state index contributed by atoms with van der Waals surface area (Å²) in [6.45, 7) is 6.74. The van der Waals surface area contributed by atoms with Crippen LogP contribution in [-0.4, -0.2) is 49.0 Å². The number of halogens is 1. The predicted octanol–water partition coefficient (Wildman–Crippen LogP) is 4.89. The number of anilines is 1. The first kappa shape index (κ1) is 27.9. The van der Waals surface area contributed by atoms with Gasteiger partial charge in [-0.1, -0.05) is 58.2 Å². The molecule has 2 heterocycles. The van der Waals surface area contributed by atoms with Crippen LogP contribution in [0.25, 0.3) is 0 Å². The lowest BCUT2D eigenvalue weighted by Gasteiger charge is -2.32. The van der Waals surface area contributed by atoms with Crippen molar-refractivity contribution < 1.29 is 14.0 Å². The van der Waals surface area contributed by atoms with Crippen molar-refractivity contribution in [2.24, 2.45) is 0 Å². The van der Waals surface area contributed by atoms with Gasteiger partial charge in [-0.05, 0) is 62.0 Å². The molecule has 196 valence electrons. The molecule has 1 aromatic carbocycles. The number of aromatic nitrogens is 1. The quantitative estimate of drug-likeness (QED) is 0.557. The van der Waals surface area contributed by atoms with E-state index in [1.807, 2.05) is 24.3 Å². The second kappa shape index (κ2) is 13.1. The number of rotatable bonds is 6. The summed E-state index contributed by atoms with van der Waals surface area (Å²) in [6.07, 6.45) is 10.00. The van der Waals surface area contributed by atoms with E-state index in [1.165, 1.54) is 37.0 Å². The Balaban J connectivity index is 0.000000383. The molecule has 1 aromatic heterocycles. The number of nitrogens with one attached hydrogen (secondary N) is 2. The minimum atomic E-state index is -1.27. The van der Waals surface area contributed by atoms with Crippen LogP contribution in [0.2, 0.25) is 0 Å². The number of benzene rings is 1. The summed E-state index contributed by atoms with van der Waals surface area (Å²) in [6, 6.07) is 9.96. The Morgan fingerprint density at radius 1 is 1.14 bits per heavy atom. The second-order valence-electron chi connectivity index (χ2n) is 10.7. The molecule has 0 bridgehead atoms. The van der Waals surface area contributed by atoms with Crippen molar-refractivity contribution in [2.75, 3.05) is 18.5 Å². The minimum Gasteiger partial charge on any atom is -0.317 e. The van der Waals surface area contributed by atoms with E-state index < -0.39 is 24.2 Å². The summed E-state index contributed by atoms with van der Waals surface area (Å²) >= 11 is 0. The summed E-state index contributed by atoms with van der Waals surface area (Å²) in [4.78, 5) is 30.7. The molecule has 1 amide bonds. The minimum absolute atomic E-state index is 0.0438. The molecule has 4 rings (SSSR count). The van der Waals surface area contributed by atoms with Crippen LogP contribution in [0.4, 0.5) is 10.1 Å². The highest BCUT2D eigenvalue weighted by molar-refractivity contribution is 6.01. The van der Waals surface area contributed by atoms with Gasteiger partial charge in [-0.2, -0.15) is 0 Å². The van der Waals surface area contributed by atoms with Crippen molar-refractivity contribution in [3.8, 4) is 0 Å². The largest absolute Gasteiger partial charge is 0.317 e. The van der Waals surface area contributed by atoms with Gasteiger partial charge >= 0.3 is 0 Å².